The number of amides is 2. The van der Waals surface area contributed by atoms with E-state index < -0.39 is 11.7 Å². The van der Waals surface area contributed by atoms with Crippen molar-refractivity contribution in [3.05, 3.63) is 53.3 Å². The van der Waals surface area contributed by atoms with Gasteiger partial charge in [0.2, 0.25) is 0 Å². The molecule has 1 spiro atoms. The number of alkyl halides is 3. The number of halogens is 3. The van der Waals surface area contributed by atoms with Crippen molar-refractivity contribution in [3.8, 4) is 0 Å². The van der Waals surface area contributed by atoms with Gasteiger partial charge in [-0.15, -0.1) is 0 Å². The molecule has 0 aliphatic carbocycles. The van der Waals surface area contributed by atoms with Crippen LogP contribution in [-0.4, -0.2) is 64.7 Å². The molecule has 1 aromatic carbocycles. The number of hydrogen-bond donors (Lipinski definition) is 1. The Kier molecular flexibility index (Phi) is 5.50. The summed E-state index contributed by atoms with van der Waals surface area (Å²) in [6.45, 7) is 3.12. The van der Waals surface area contributed by atoms with Gasteiger partial charge < -0.3 is 10.2 Å². The smallest absolute Gasteiger partial charge is 0.355 e. The number of aromatic nitrogens is 2. The first-order chi connectivity index (χ1) is 14.7. The van der Waals surface area contributed by atoms with E-state index in [2.05, 4.69) is 15.3 Å². The minimum atomic E-state index is -4.35. The molecule has 2 aromatic rings. The molecule has 4 rings (SSSR count). The van der Waals surface area contributed by atoms with E-state index in [1.807, 2.05) is 0 Å². The van der Waals surface area contributed by atoms with Crippen LogP contribution in [-0.2, 0) is 12.7 Å². The van der Waals surface area contributed by atoms with E-state index in [-0.39, 0.29) is 17.4 Å². The van der Waals surface area contributed by atoms with Gasteiger partial charge in [0.25, 0.3) is 5.91 Å². The van der Waals surface area contributed by atoms with Crippen molar-refractivity contribution in [2.24, 2.45) is 5.41 Å². The SMILES string of the molecule is CNC(=O)c1cnn(C(=O)N2CCC3(CCN(Cc4cccc(C(F)(F)F)c4)C3)C2)c1. The minimum Gasteiger partial charge on any atom is -0.355 e. The number of carbonyl (C=O) groups is 2. The lowest BCUT2D eigenvalue weighted by molar-refractivity contribution is -0.137. The van der Waals surface area contributed by atoms with Gasteiger partial charge >= 0.3 is 12.2 Å². The number of rotatable bonds is 3. The molecule has 2 saturated heterocycles. The van der Waals surface area contributed by atoms with Crippen LogP contribution < -0.4 is 5.32 Å². The number of carbonyl (C=O) groups excluding carboxylic acids is 2. The molecule has 7 nitrogen and oxygen atoms in total. The zero-order valence-electron chi connectivity index (χ0n) is 17.2. The molecule has 2 fully saturated rings. The highest BCUT2D eigenvalue weighted by atomic mass is 19.4. The fraction of sp³-hybridized carbons (Fsp3) is 0.476. The molecule has 1 aromatic heterocycles. The van der Waals surface area contributed by atoms with Crippen LogP contribution in [0.4, 0.5) is 18.0 Å². The summed E-state index contributed by atoms with van der Waals surface area (Å²) in [6, 6.07) is 5.17. The predicted octanol–water partition coefficient (Wildman–Crippen LogP) is 2.83. The van der Waals surface area contributed by atoms with E-state index >= 15 is 0 Å². The van der Waals surface area contributed by atoms with Crippen LogP contribution in [0.2, 0.25) is 0 Å². The van der Waals surface area contributed by atoms with Crippen molar-refractivity contribution in [3.63, 3.8) is 0 Å². The fourth-order valence-electron chi connectivity index (χ4n) is 4.53. The van der Waals surface area contributed by atoms with Gasteiger partial charge in [-0.2, -0.15) is 23.0 Å². The molecule has 1 atom stereocenters. The molecule has 2 aliphatic heterocycles. The third-order valence-corrected chi connectivity index (χ3v) is 6.15. The second-order valence-corrected chi connectivity index (χ2v) is 8.37. The summed E-state index contributed by atoms with van der Waals surface area (Å²) in [5.41, 5.74) is 0.259. The summed E-state index contributed by atoms with van der Waals surface area (Å²) in [5, 5.41) is 6.50. The summed E-state index contributed by atoms with van der Waals surface area (Å²) >= 11 is 0. The van der Waals surface area contributed by atoms with Crippen LogP contribution in [0.1, 0.15) is 34.3 Å². The molecule has 2 amide bonds. The van der Waals surface area contributed by atoms with E-state index in [1.54, 1.807) is 11.0 Å². The first-order valence-corrected chi connectivity index (χ1v) is 10.1. The fourth-order valence-corrected chi connectivity index (χ4v) is 4.53. The van der Waals surface area contributed by atoms with Crippen molar-refractivity contribution in [1.29, 1.82) is 0 Å². The van der Waals surface area contributed by atoms with Crippen molar-refractivity contribution in [2.75, 3.05) is 33.2 Å². The van der Waals surface area contributed by atoms with E-state index in [4.69, 9.17) is 0 Å². The molecular weight excluding hydrogens is 411 g/mol. The topological polar surface area (TPSA) is 70.5 Å². The summed E-state index contributed by atoms with van der Waals surface area (Å²) in [5.74, 6) is -0.307. The second-order valence-electron chi connectivity index (χ2n) is 8.37. The largest absolute Gasteiger partial charge is 0.416 e. The zero-order chi connectivity index (χ0) is 22.2. The number of nitrogens with one attached hydrogen (secondary N) is 1. The van der Waals surface area contributed by atoms with Crippen LogP contribution in [0.25, 0.3) is 0 Å². The lowest BCUT2D eigenvalue weighted by atomic mass is 9.86. The first kappa shape index (κ1) is 21.4. The number of hydrogen-bond acceptors (Lipinski definition) is 4. The van der Waals surface area contributed by atoms with Gasteiger partial charge in [0.1, 0.15) is 0 Å². The van der Waals surface area contributed by atoms with Gasteiger partial charge in [-0.1, -0.05) is 18.2 Å². The number of benzene rings is 1. The first-order valence-electron chi connectivity index (χ1n) is 10.1. The Labute approximate surface area is 177 Å². The lowest BCUT2D eigenvalue weighted by Gasteiger charge is -2.25. The summed E-state index contributed by atoms with van der Waals surface area (Å²) in [4.78, 5) is 28.4. The predicted molar refractivity (Wildman–Crippen MR) is 106 cm³/mol. The Hall–Kier alpha value is -2.88. The maximum Gasteiger partial charge on any atom is 0.416 e. The molecule has 10 heteroatoms. The normalized spacial score (nSPS) is 21.7. The highest BCUT2D eigenvalue weighted by Crippen LogP contribution is 2.40. The zero-order valence-corrected chi connectivity index (χ0v) is 17.2. The molecule has 3 heterocycles. The molecule has 1 unspecified atom stereocenters. The van der Waals surface area contributed by atoms with Gasteiger partial charge in [0, 0.05) is 44.8 Å². The Morgan fingerprint density at radius 1 is 1.19 bits per heavy atom. The highest BCUT2D eigenvalue weighted by Gasteiger charge is 2.45. The summed E-state index contributed by atoms with van der Waals surface area (Å²) in [7, 11) is 1.51. The van der Waals surface area contributed by atoms with Crippen LogP contribution in [0, 0.1) is 5.41 Å². The summed E-state index contributed by atoms with van der Waals surface area (Å²) < 4.78 is 40.1. The van der Waals surface area contributed by atoms with Crippen LogP contribution in [0.5, 0.6) is 0 Å². The third-order valence-electron chi connectivity index (χ3n) is 6.15. The van der Waals surface area contributed by atoms with Crippen LogP contribution in [0.3, 0.4) is 0 Å². The van der Waals surface area contributed by atoms with Gasteiger partial charge in [-0.25, -0.2) is 4.79 Å². The van der Waals surface area contributed by atoms with Gasteiger partial charge in [0.15, 0.2) is 0 Å². The molecule has 2 aliphatic rings. The van der Waals surface area contributed by atoms with Crippen LogP contribution in [0.15, 0.2) is 36.7 Å². The lowest BCUT2D eigenvalue weighted by Crippen LogP contribution is -2.36. The van der Waals surface area contributed by atoms with Gasteiger partial charge in [0.05, 0.1) is 17.3 Å². The molecule has 0 bridgehead atoms. The second kappa shape index (κ2) is 7.99. The monoisotopic (exact) mass is 435 g/mol. The Bertz CT molecular complexity index is 989. The maximum absolute atomic E-state index is 13.0. The van der Waals surface area contributed by atoms with Gasteiger partial charge in [-0.3, -0.25) is 9.69 Å². The van der Waals surface area contributed by atoms with Crippen LogP contribution >= 0.6 is 0 Å². The molecular formula is C21H24F3N5O2. The van der Waals surface area contributed by atoms with E-state index in [9.17, 15) is 22.8 Å². The maximum atomic E-state index is 13.0. The van der Waals surface area contributed by atoms with Crippen molar-refractivity contribution < 1.29 is 22.8 Å². The highest BCUT2D eigenvalue weighted by molar-refractivity contribution is 5.94. The average molecular weight is 435 g/mol. The average Bonchev–Trinajstić information content (AvgIpc) is 3.47. The van der Waals surface area contributed by atoms with Crippen molar-refractivity contribution in [2.45, 2.75) is 25.6 Å². The Balaban J connectivity index is 1.37. The number of nitrogens with zero attached hydrogens (tertiary/aromatic N) is 4. The Morgan fingerprint density at radius 3 is 2.71 bits per heavy atom. The van der Waals surface area contributed by atoms with E-state index in [0.29, 0.717) is 30.8 Å². The van der Waals surface area contributed by atoms with E-state index in [1.165, 1.54) is 36.3 Å². The number of likely N-dealkylation sites (tertiary alicyclic amines) is 2. The quantitative estimate of drug-likeness (QED) is 0.805. The Morgan fingerprint density at radius 2 is 1.97 bits per heavy atom. The molecule has 0 saturated carbocycles. The minimum absolute atomic E-state index is 0.0614. The molecule has 0 radical (unpaired) electrons. The molecule has 166 valence electrons. The summed E-state index contributed by atoms with van der Waals surface area (Å²) in [6.07, 6.45) is 0.147. The molecule has 1 N–H and O–H groups in total. The molecule has 31 heavy (non-hydrogen) atoms. The van der Waals surface area contributed by atoms with E-state index in [0.717, 1.165) is 32.0 Å². The van der Waals surface area contributed by atoms with Crippen molar-refractivity contribution in [1.82, 2.24) is 24.9 Å². The van der Waals surface area contributed by atoms with Crippen molar-refractivity contribution >= 4 is 11.9 Å². The van der Waals surface area contributed by atoms with Gasteiger partial charge in [-0.05, 0) is 31.0 Å². The standard InChI is InChI=1S/C21H24F3N5O2/c1-25-18(30)16-10-26-29(12-16)19(31)28-8-6-20(14-28)5-7-27(13-20)11-15-3-2-4-17(9-15)21(22,23)24/h2-4,9-10,12H,5-8,11,13-14H2,1H3,(H,25,30). The third kappa shape index (κ3) is 4.43.